The zero-order valence-electron chi connectivity index (χ0n) is 15.9. The van der Waals surface area contributed by atoms with Gasteiger partial charge in [-0.15, -0.1) is 0 Å². The number of benzene rings is 1. The third-order valence-corrected chi connectivity index (χ3v) is 4.31. The third-order valence-electron chi connectivity index (χ3n) is 4.31. The van der Waals surface area contributed by atoms with E-state index in [0.717, 1.165) is 44.6 Å². The minimum absolute atomic E-state index is 0.299. The van der Waals surface area contributed by atoms with Crippen molar-refractivity contribution in [1.82, 2.24) is 15.5 Å². The van der Waals surface area contributed by atoms with Crippen LogP contribution in [0.2, 0.25) is 0 Å². The minimum atomic E-state index is -0.416. The summed E-state index contributed by atoms with van der Waals surface area (Å²) in [5.74, 6) is -0.108. The molecule has 1 aromatic rings. The van der Waals surface area contributed by atoms with Crippen LogP contribution in [0, 0.1) is 11.6 Å². The summed E-state index contributed by atoms with van der Waals surface area (Å²) in [5, 5.41) is 6.50. The zero-order valence-corrected chi connectivity index (χ0v) is 15.9. The normalized spacial score (nSPS) is 13.2. The molecule has 2 N–H and O–H groups in total. The van der Waals surface area contributed by atoms with Crippen molar-refractivity contribution in [3.63, 3.8) is 0 Å². The lowest BCUT2D eigenvalue weighted by Crippen LogP contribution is -2.43. The molecule has 1 aromatic carbocycles. The van der Waals surface area contributed by atoms with Crippen LogP contribution in [-0.4, -0.2) is 50.1 Å². The van der Waals surface area contributed by atoms with Crippen molar-refractivity contribution in [3.8, 4) is 0 Å². The molecule has 1 rings (SSSR count). The molecule has 0 spiro atoms. The van der Waals surface area contributed by atoms with Crippen molar-refractivity contribution in [3.05, 3.63) is 35.4 Å². The van der Waals surface area contributed by atoms with Gasteiger partial charge in [-0.3, -0.25) is 4.99 Å². The Morgan fingerprint density at radius 3 is 2.60 bits per heavy atom. The lowest BCUT2D eigenvalue weighted by molar-refractivity contribution is 0.292. The van der Waals surface area contributed by atoms with Crippen molar-refractivity contribution in [1.29, 1.82) is 0 Å². The summed E-state index contributed by atoms with van der Waals surface area (Å²) >= 11 is 0. The van der Waals surface area contributed by atoms with Crippen LogP contribution in [0.3, 0.4) is 0 Å². The predicted octanol–water partition coefficient (Wildman–Crippen LogP) is 3.18. The van der Waals surface area contributed by atoms with Gasteiger partial charge in [-0.1, -0.05) is 13.8 Å². The largest absolute Gasteiger partial charge is 0.356 e. The number of halogens is 2. The lowest BCUT2D eigenvalue weighted by Gasteiger charge is -2.21. The second kappa shape index (κ2) is 11.8. The van der Waals surface area contributed by atoms with Gasteiger partial charge in [0.25, 0.3) is 0 Å². The second-order valence-corrected chi connectivity index (χ2v) is 6.20. The van der Waals surface area contributed by atoms with Gasteiger partial charge < -0.3 is 15.5 Å². The number of hydrogen-bond donors (Lipinski definition) is 2. The molecule has 4 nitrogen and oxygen atoms in total. The summed E-state index contributed by atoms with van der Waals surface area (Å²) in [7, 11) is 1.71. The van der Waals surface area contributed by atoms with Gasteiger partial charge in [-0.25, -0.2) is 8.78 Å². The van der Waals surface area contributed by atoms with E-state index in [1.165, 1.54) is 6.07 Å². The molecular formula is C19H32F2N4. The highest BCUT2D eigenvalue weighted by Crippen LogP contribution is 2.09. The van der Waals surface area contributed by atoms with Gasteiger partial charge in [0.05, 0.1) is 0 Å². The van der Waals surface area contributed by atoms with Crippen molar-refractivity contribution in [2.45, 2.75) is 46.1 Å². The van der Waals surface area contributed by atoms with E-state index in [1.807, 2.05) is 0 Å². The monoisotopic (exact) mass is 354 g/mol. The molecule has 0 aliphatic carbocycles. The lowest BCUT2D eigenvalue weighted by atomic mass is 10.1. The van der Waals surface area contributed by atoms with E-state index in [2.05, 4.69) is 41.3 Å². The molecule has 0 fully saturated rings. The summed E-state index contributed by atoms with van der Waals surface area (Å²) in [6.07, 6.45) is 2.58. The smallest absolute Gasteiger partial charge is 0.191 e. The van der Waals surface area contributed by atoms with Gasteiger partial charge in [0.2, 0.25) is 0 Å². The Balaban J connectivity index is 2.33. The molecule has 0 aromatic heterocycles. The molecular weight excluding hydrogens is 322 g/mol. The first kappa shape index (κ1) is 21.4. The average Bonchev–Trinajstić information content (AvgIpc) is 2.60. The summed E-state index contributed by atoms with van der Waals surface area (Å²) < 4.78 is 26.8. The van der Waals surface area contributed by atoms with Crippen LogP contribution in [0.15, 0.2) is 23.2 Å². The van der Waals surface area contributed by atoms with Crippen LogP contribution in [0.25, 0.3) is 0 Å². The summed E-state index contributed by atoms with van der Waals surface area (Å²) in [6.45, 7) is 10.2. The molecule has 0 bridgehead atoms. The van der Waals surface area contributed by atoms with Gasteiger partial charge in [-0.2, -0.15) is 0 Å². The van der Waals surface area contributed by atoms with Crippen LogP contribution in [0.5, 0.6) is 0 Å². The Morgan fingerprint density at radius 2 is 1.96 bits per heavy atom. The molecule has 0 aliphatic heterocycles. The second-order valence-electron chi connectivity index (χ2n) is 6.20. The van der Waals surface area contributed by atoms with E-state index in [1.54, 1.807) is 7.05 Å². The minimum Gasteiger partial charge on any atom is -0.356 e. The number of nitrogens with zero attached hydrogens (tertiary/aromatic N) is 2. The maximum Gasteiger partial charge on any atom is 0.191 e. The predicted molar refractivity (Wildman–Crippen MR) is 101 cm³/mol. The Morgan fingerprint density at radius 1 is 1.24 bits per heavy atom. The van der Waals surface area contributed by atoms with Crippen molar-refractivity contribution in [2.24, 2.45) is 4.99 Å². The molecule has 0 amide bonds. The Bertz CT molecular complexity index is 530. The number of guanidine groups is 1. The van der Waals surface area contributed by atoms with Gasteiger partial charge in [0.15, 0.2) is 5.96 Å². The summed E-state index contributed by atoms with van der Waals surface area (Å²) in [5.41, 5.74) is 0.371. The molecule has 6 heteroatoms. The standard InChI is InChI=1S/C19H32F2N4/c1-5-25(6-2)13-7-8-15(3)24-19(22-4)23-12-11-16-14-17(20)9-10-18(16)21/h9-10,14-15H,5-8,11-13H2,1-4H3,(H2,22,23,24). The molecule has 0 radical (unpaired) electrons. The van der Waals surface area contributed by atoms with Crippen LogP contribution in [0.4, 0.5) is 8.78 Å². The van der Waals surface area contributed by atoms with Crippen LogP contribution in [0.1, 0.15) is 39.2 Å². The van der Waals surface area contributed by atoms with Gasteiger partial charge in [0, 0.05) is 19.6 Å². The van der Waals surface area contributed by atoms with E-state index in [0.29, 0.717) is 30.5 Å². The van der Waals surface area contributed by atoms with Gasteiger partial charge >= 0.3 is 0 Å². The van der Waals surface area contributed by atoms with Crippen molar-refractivity contribution in [2.75, 3.05) is 33.2 Å². The fraction of sp³-hybridized carbons (Fsp3) is 0.632. The molecule has 25 heavy (non-hydrogen) atoms. The average molecular weight is 354 g/mol. The fourth-order valence-corrected chi connectivity index (χ4v) is 2.71. The maximum atomic E-state index is 13.6. The Labute approximate surface area is 150 Å². The molecule has 1 unspecified atom stereocenters. The Hall–Kier alpha value is -1.69. The van der Waals surface area contributed by atoms with E-state index >= 15 is 0 Å². The highest BCUT2D eigenvalue weighted by molar-refractivity contribution is 5.79. The summed E-state index contributed by atoms with van der Waals surface area (Å²) in [4.78, 5) is 6.60. The van der Waals surface area contributed by atoms with E-state index in [9.17, 15) is 8.78 Å². The van der Waals surface area contributed by atoms with Crippen LogP contribution >= 0.6 is 0 Å². The SMILES string of the molecule is CCN(CC)CCCC(C)NC(=NC)NCCc1cc(F)ccc1F. The summed E-state index contributed by atoms with van der Waals surface area (Å²) in [6, 6.07) is 3.83. The number of aliphatic imine (C=N–C) groups is 1. The van der Waals surface area contributed by atoms with Crippen LogP contribution < -0.4 is 10.6 Å². The molecule has 1 atom stereocenters. The van der Waals surface area contributed by atoms with E-state index < -0.39 is 5.82 Å². The highest BCUT2D eigenvalue weighted by Gasteiger charge is 2.08. The number of rotatable bonds is 10. The molecule has 142 valence electrons. The molecule has 0 saturated carbocycles. The Kier molecular flexibility index (Phi) is 10.1. The number of nitrogens with one attached hydrogen (secondary N) is 2. The van der Waals surface area contributed by atoms with Crippen molar-refractivity contribution >= 4 is 5.96 Å². The van der Waals surface area contributed by atoms with Gasteiger partial charge in [-0.05, 0) is 69.6 Å². The first-order valence-electron chi connectivity index (χ1n) is 9.13. The van der Waals surface area contributed by atoms with E-state index in [-0.39, 0.29) is 5.82 Å². The number of hydrogen-bond acceptors (Lipinski definition) is 2. The first-order valence-corrected chi connectivity index (χ1v) is 9.13. The first-order chi connectivity index (χ1) is 12.0. The van der Waals surface area contributed by atoms with Gasteiger partial charge in [0.1, 0.15) is 11.6 Å². The fourth-order valence-electron chi connectivity index (χ4n) is 2.71. The third kappa shape index (κ3) is 8.29. The highest BCUT2D eigenvalue weighted by atomic mass is 19.1. The molecule has 0 heterocycles. The molecule has 0 aliphatic rings. The van der Waals surface area contributed by atoms with E-state index in [4.69, 9.17) is 0 Å². The quantitative estimate of drug-likeness (QED) is 0.501. The zero-order chi connectivity index (χ0) is 18.7. The topological polar surface area (TPSA) is 39.7 Å². The van der Waals surface area contributed by atoms with Crippen LogP contribution in [-0.2, 0) is 6.42 Å². The molecule has 0 saturated heterocycles. The maximum absolute atomic E-state index is 13.6. The van der Waals surface area contributed by atoms with Crippen molar-refractivity contribution < 1.29 is 8.78 Å².